The van der Waals surface area contributed by atoms with Gasteiger partial charge in [-0.3, -0.25) is 4.79 Å². The molecule has 0 aromatic rings. The van der Waals surface area contributed by atoms with E-state index in [4.69, 9.17) is 47.0 Å². The van der Waals surface area contributed by atoms with Gasteiger partial charge in [0.05, 0.1) is 0 Å². The molecular weight excluding hydrogens is 475 g/mol. The maximum absolute atomic E-state index is 12.5. The number of piperidine rings is 1. The molecule has 5 nitrogen and oxygen atoms in total. The van der Waals surface area contributed by atoms with Crippen molar-refractivity contribution in [3.05, 3.63) is 12.2 Å². The Labute approximate surface area is 207 Å². The van der Waals surface area contributed by atoms with E-state index in [9.17, 15) is 4.79 Å². The zero-order valence-corrected chi connectivity index (χ0v) is 21.3. The fraction of sp³-hybridized carbons (Fsp3) is 0.818. The maximum Gasteiger partial charge on any atom is 0.245 e. The van der Waals surface area contributed by atoms with Gasteiger partial charge >= 0.3 is 0 Å². The van der Waals surface area contributed by atoms with Gasteiger partial charge in [0.25, 0.3) is 0 Å². The Kier molecular flexibility index (Phi) is 9.60. The number of nitrogens with zero attached hydrogens (tertiary/aromatic N) is 1. The zero-order chi connectivity index (χ0) is 22.4. The molecule has 2 aliphatic carbocycles. The van der Waals surface area contributed by atoms with Crippen LogP contribution in [0.2, 0.25) is 0 Å². The Bertz CT molecular complexity index is 649. The van der Waals surface area contributed by atoms with Gasteiger partial charge in [0.15, 0.2) is 5.11 Å². The van der Waals surface area contributed by atoms with Gasteiger partial charge in [-0.1, -0.05) is 66.6 Å². The first-order valence-electron chi connectivity index (χ1n) is 11.6. The molecule has 1 aliphatic heterocycles. The SMILES string of the molecule is CN1CCCC2CCCC(NC(=S)NC(NC(=O)/C=C/C3CCCCC3)C(Cl)(Cl)Cl)C21. The van der Waals surface area contributed by atoms with Crippen LogP contribution >= 0.6 is 47.0 Å². The third kappa shape index (κ3) is 7.63. The zero-order valence-electron chi connectivity index (χ0n) is 18.2. The van der Waals surface area contributed by atoms with Crippen LogP contribution in [0.25, 0.3) is 0 Å². The topological polar surface area (TPSA) is 56.4 Å². The summed E-state index contributed by atoms with van der Waals surface area (Å²) in [5.41, 5.74) is 0. The molecule has 3 N–H and O–H groups in total. The van der Waals surface area contributed by atoms with Gasteiger partial charge in [0.1, 0.15) is 6.17 Å². The lowest BCUT2D eigenvalue weighted by Gasteiger charge is -2.47. The van der Waals surface area contributed by atoms with Crippen molar-refractivity contribution in [1.82, 2.24) is 20.9 Å². The molecular formula is C22H35Cl3N4OS. The Morgan fingerprint density at radius 2 is 1.74 bits per heavy atom. The van der Waals surface area contributed by atoms with E-state index in [2.05, 4.69) is 27.9 Å². The normalized spacial score (nSPS) is 29.2. The van der Waals surface area contributed by atoms with E-state index < -0.39 is 9.96 Å². The van der Waals surface area contributed by atoms with E-state index in [-0.39, 0.29) is 11.9 Å². The minimum Gasteiger partial charge on any atom is -0.358 e. The van der Waals surface area contributed by atoms with Crippen LogP contribution in [-0.4, -0.2) is 51.6 Å². The molecule has 1 amide bonds. The number of halogens is 3. The average Bonchev–Trinajstić information content (AvgIpc) is 2.72. The number of hydrogen-bond donors (Lipinski definition) is 3. The highest BCUT2D eigenvalue weighted by Crippen LogP contribution is 2.35. The maximum atomic E-state index is 12.5. The molecule has 1 saturated heterocycles. The number of carbonyl (C=O) groups excluding carboxylic acids is 1. The number of hydrogen-bond acceptors (Lipinski definition) is 3. The molecule has 31 heavy (non-hydrogen) atoms. The van der Waals surface area contributed by atoms with Crippen LogP contribution in [0, 0.1) is 11.8 Å². The smallest absolute Gasteiger partial charge is 0.245 e. The molecule has 3 rings (SSSR count). The van der Waals surface area contributed by atoms with Gasteiger partial charge in [0, 0.05) is 12.1 Å². The predicted octanol–water partition coefficient (Wildman–Crippen LogP) is 4.66. The number of fused-ring (bicyclic) bond motifs is 1. The summed E-state index contributed by atoms with van der Waals surface area (Å²) in [7, 11) is 2.19. The number of rotatable bonds is 5. The van der Waals surface area contributed by atoms with Crippen molar-refractivity contribution in [1.29, 1.82) is 0 Å². The lowest BCUT2D eigenvalue weighted by atomic mass is 9.76. The molecule has 3 fully saturated rings. The molecule has 1 heterocycles. The van der Waals surface area contributed by atoms with Crippen LogP contribution in [0.1, 0.15) is 64.2 Å². The second-order valence-corrected chi connectivity index (χ2v) is 12.0. The molecule has 4 unspecified atom stereocenters. The second kappa shape index (κ2) is 11.7. The predicted molar refractivity (Wildman–Crippen MR) is 134 cm³/mol. The van der Waals surface area contributed by atoms with Crippen LogP contribution in [0.3, 0.4) is 0 Å². The van der Waals surface area contributed by atoms with Gasteiger partial charge in [-0.25, -0.2) is 0 Å². The molecule has 0 bridgehead atoms. The number of amides is 1. The van der Waals surface area contributed by atoms with Crippen LogP contribution in [-0.2, 0) is 4.79 Å². The van der Waals surface area contributed by atoms with Crippen molar-refractivity contribution in [3.63, 3.8) is 0 Å². The fourth-order valence-electron chi connectivity index (χ4n) is 5.44. The molecule has 0 aromatic heterocycles. The third-order valence-electron chi connectivity index (χ3n) is 6.96. The van der Waals surface area contributed by atoms with E-state index in [1.165, 1.54) is 44.9 Å². The second-order valence-electron chi connectivity index (χ2n) is 9.27. The highest BCUT2D eigenvalue weighted by atomic mass is 35.6. The summed E-state index contributed by atoms with van der Waals surface area (Å²) >= 11 is 24.0. The van der Waals surface area contributed by atoms with Crippen molar-refractivity contribution >= 4 is 58.0 Å². The molecule has 0 spiro atoms. The first kappa shape index (κ1) is 25.4. The molecule has 0 aromatic carbocycles. The monoisotopic (exact) mass is 508 g/mol. The third-order valence-corrected chi connectivity index (χ3v) is 7.85. The van der Waals surface area contributed by atoms with Gasteiger partial charge in [-0.15, -0.1) is 0 Å². The standard InChI is InChI=1S/C22H35Cl3N4OS/c1-29-14-6-10-16-9-5-11-17(19(16)29)26-21(31)28-20(22(23,24)25)27-18(30)13-12-15-7-3-2-4-8-15/h12-13,15-17,19-20H,2-11,14H2,1H3,(H,27,30)(H2,26,28,31)/b13-12+. The van der Waals surface area contributed by atoms with Crippen molar-refractivity contribution in [2.24, 2.45) is 11.8 Å². The molecule has 0 radical (unpaired) electrons. The minimum absolute atomic E-state index is 0.252. The van der Waals surface area contributed by atoms with E-state index in [1.807, 2.05) is 6.08 Å². The Balaban J connectivity index is 1.55. The summed E-state index contributed by atoms with van der Waals surface area (Å²) in [6.07, 6.45) is 14.6. The van der Waals surface area contributed by atoms with Crippen molar-refractivity contribution in [3.8, 4) is 0 Å². The van der Waals surface area contributed by atoms with Crippen LogP contribution in [0.15, 0.2) is 12.2 Å². The number of thiocarbonyl (C=S) groups is 1. The number of likely N-dealkylation sites (tertiary alicyclic amines) is 1. The van der Waals surface area contributed by atoms with Crippen molar-refractivity contribution in [2.75, 3.05) is 13.6 Å². The Morgan fingerprint density at radius 3 is 2.45 bits per heavy atom. The molecule has 4 atom stereocenters. The summed E-state index contributed by atoms with van der Waals surface area (Å²) in [5, 5.41) is 9.62. The first-order valence-corrected chi connectivity index (χ1v) is 13.1. The number of carbonyl (C=O) groups is 1. The quantitative estimate of drug-likeness (QED) is 0.218. The van der Waals surface area contributed by atoms with E-state index in [1.54, 1.807) is 6.08 Å². The Morgan fingerprint density at radius 1 is 1.03 bits per heavy atom. The summed E-state index contributed by atoms with van der Waals surface area (Å²) in [4.78, 5) is 14.9. The van der Waals surface area contributed by atoms with E-state index >= 15 is 0 Å². The van der Waals surface area contributed by atoms with Crippen LogP contribution in [0.5, 0.6) is 0 Å². The van der Waals surface area contributed by atoms with Crippen LogP contribution < -0.4 is 16.0 Å². The summed E-state index contributed by atoms with van der Waals surface area (Å²) in [6, 6.07) is 0.712. The number of alkyl halides is 3. The van der Waals surface area contributed by atoms with E-state index in [0.717, 1.165) is 25.8 Å². The molecule has 176 valence electrons. The largest absolute Gasteiger partial charge is 0.358 e. The Hall–Kier alpha value is -0.270. The fourth-order valence-corrected chi connectivity index (χ4v) is 6.04. The van der Waals surface area contributed by atoms with Crippen LogP contribution in [0.4, 0.5) is 0 Å². The molecule has 2 saturated carbocycles. The first-order chi connectivity index (χ1) is 14.7. The average molecular weight is 510 g/mol. The van der Waals surface area contributed by atoms with E-state index in [0.29, 0.717) is 23.0 Å². The van der Waals surface area contributed by atoms with Crippen molar-refractivity contribution in [2.45, 2.75) is 86.3 Å². The summed E-state index contributed by atoms with van der Waals surface area (Å²) in [6.45, 7) is 1.11. The minimum atomic E-state index is -1.74. The van der Waals surface area contributed by atoms with Gasteiger partial charge in [-0.2, -0.15) is 0 Å². The highest BCUT2D eigenvalue weighted by molar-refractivity contribution is 7.80. The van der Waals surface area contributed by atoms with Gasteiger partial charge in [-0.05, 0) is 82.2 Å². The van der Waals surface area contributed by atoms with Crippen molar-refractivity contribution < 1.29 is 4.79 Å². The number of nitrogens with one attached hydrogen (secondary N) is 3. The van der Waals surface area contributed by atoms with Gasteiger partial charge < -0.3 is 20.9 Å². The lowest BCUT2D eigenvalue weighted by molar-refractivity contribution is -0.117. The van der Waals surface area contributed by atoms with Gasteiger partial charge in [0.2, 0.25) is 9.70 Å². The summed E-state index contributed by atoms with van der Waals surface area (Å²) < 4.78 is -1.74. The molecule has 9 heteroatoms. The summed E-state index contributed by atoms with van der Waals surface area (Å²) in [5.74, 6) is 0.858. The number of likely N-dealkylation sites (N-methyl/N-ethyl adjacent to an activating group) is 1. The molecule has 3 aliphatic rings. The number of allylic oxidation sites excluding steroid dienone is 1. The highest BCUT2D eigenvalue weighted by Gasteiger charge is 2.39. The lowest BCUT2D eigenvalue weighted by Crippen LogP contribution is -2.62.